The van der Waals surface area contributed by atoms with Crippen molar-refractivity contribution in [1.82, 2.24) is 0 Å². The van der Waals surface area contributed by atoms with E-state index in [-0.39, 0.29) is 24.1 Å². The fourth-order valence-electron chi connectivity index (χ4n) is 2.83. The summed E-state index contributed by atoms with van der Waals surface area (Å²) in [6.45, 7) is 0. The number of hydrogen-bond donors (Lipinski definition) is 2. The largest absolute Gasteiger partial charge is 0.454 e. The van der Waals surface area contributed by atoms with E-state index in [0.29, 0.717) is 34.0 Å². The quantitative estimate of drug-likeness (QED) is 0.727. The summed E-state index contributed by atoms with van der Waals surface area (Å²) in [5, 5.41) is 5.58. The van der Waals surface area contributed by atoms with Crippen molar-refractivity contribution in [1.29, 1.82) is 0 Å². The molecule has 0 saturated carbocycles. The zero-order chi connectivity index (χ0) is 18.8. The van der Waals surface area contributed by atoms with Gasteiger partial charge < -0.3 is 15.4 Å². The molecule has 0 aromatic heterocycles. The average molecular weight is 362 g/mol. The van der Waals surface area contributed by atoms with Gasteiger partial charge in [-0.2, -0.15) is 0 Å². The molecule has 2 amide bonds. The van der Waals surface area contributed by atoms with Crippen molar-refractivity contribution in [3.8, 4) is 11.5 Å². The van der Waals surface area contributed by atoms with Gasteiger partial charge in [0.1, 0.15) is 11.6 Å². The Morgan fingerprint density at radius 2 is 1.78 bits per heavy atom. The lowest BCUT2D eigenvalue weighted by molar-refractivity contribution is -0.115. The van der Waals surface area contributed by atoms with Gasteiger partial charge in [-0.25, -0.2) is 4.39 Å². The number of amides is 2. The Balaban J connectivity index is 1.53. The highest BCUT2D eigenvalue weighted by Gasteiger charge is 2.20. The van der Waals surface area contributed by atoms with Crippen LogP contribution in [-0.4, -0.2) is 11.8 Å². The normalized spacial score (nSPS) is 12.1. The van der Waals surface area contributed by atoms with Crippen LogP contribution in [0.25, 0.3) is 0 Å². The molecule has 3 aromatic rings. The van der Waals surface area contributed by atoms with E-state index in [9.17, 15) is 14.0 Å². The van der Waals surface area contributed by atoms with E-state index in [1.165, 1.54) is 12.1 Å². The van der Waals surface area contributed by atoms with Crippen LogP contribution in [0.1, 0.15) is 15.9 Å². The van der Waals surface area contributed by atoms with E-state index in [1.807, 2.05) is 0 Å². The molecular weight excluding hydrogens is 347 g/mol. The summed E-state index contributed by atoms with van der Waals surface area (Å²) in [5.41, 5.74) is 2.21. The lowest BCUT2D eigenvalue weighted by atomic mass is 10.1. The van der Waals surface area contributed by atoms with E-state index < -0.39 is 0 Å². The van der Waals surface area contributed by atoms with Gasteiger partial charge in [0.25, 0.3) is 5.91 Å². The van der Waals surface area contributed by atoms with Crippen LogP contribution in [0.5, 0.6) is 11.5 Å². The van der Waals surface area contributed by atoms with Crippen molar-refractivity contribution in [2.75, 3.05) is 10.6 Å². The van der Waals surface area contributed by atoms with Gasteiger partial charge in [0.05, 0.1) is 17.7 Å². The Morgan fingerprint density at radius 3 is 2.59 bits per heavy atom. The summed E-state index contributed by atoms with van der Waals surface area (Å²) in [5.74, 6) is 0.0536. The highest BCUT2D eigenvalue weighted by atomic mass is 19.1. The molecule has 0 bridgehead atoms. The first-order chi connectivity index (χ1) is 13.1. The van der Waals surface area contributed by atoms with Gasteiger partial charge in [0.15, 0.2) is 5.75 Å². The van der Waals surface area contributed by atoms with E-state index in [1.54, 1.807) is 54.6 Å². The molecule has 0 fully saturated rings. The van der Waals surface area contributed by atoms with Gasteiger partial charge >= 0.3 is 0 Å². The minimum atomic E-state index is -0.343. The SMILES string of the molecule is O=C(Cc1ccc(F)cc1)Nc1ccc2c(c1)Oc1ccccc1C(=O)N2. The zero-order valence-electron chi connectivity index (χ0n) is 14.2. The van der Waals surface area contributed by atoms with Crippen LogP contribution < -0.4 is 15.4 Å². The van der Waals surface area contributed by atoms with Crippen LogP contribution in [0.4, 0.5) is 15.8 Å². The standard InChI is InChI=1S/C21H15FN2O3/c22-14-7-5-13(6-8-14)11-20(25)23-15-9-10-17-19(12-15)27-18-4-2-1-3-16(18)21(26)24-17/h1-10,12H,11H2,(H,23,25)(H,24,26). The van der Waals surface area contributed by atoms with E-state index in [4.69, 9.17) is 4.74 Å². The van der Waals surface area contributed by atoms with Crippen molar-refractivity contribution in [2.45, 2.75) is 6.42 Å². The number of para-hydroxylation sites is 1. The first-order valence-electron chi connectivity index (χ1n) is 8.35. The molecule has 1 aliphatic rings. The third kappa shape index (κ3) is 3.64. The maximum Gasteiger partial charge on any atom is 0.259 e. The summed E-state index contributed by atoms with van der Waals surface area (Å²) in [6, 6.07) is 17.7. The molecule has 0 spiro atoms. The molecule has 0 atom stereocenters. The summed E-state index contributed by atoms with van der Waals surface area (Å²) in [4.78, 5) is 24.5. The molecule has 6 heteroatoms. The number of fused-ring (bicyclic) bond motifs is 2. The third-order valence-corrected chi connectivity index (χ3v) is 4.14. The van der Waals surface area contributed by atoms with E-state index >= 15 is 0 Å². The first kappa shape index (κ1) is 16.8. The maximum absolute atomic E-state index is 13.0. The molecule has 0 saturated heterocycles. The molecule has 4 rings (SSSR count). The van der Waals surface area contributed by atoms with Gasteiger partial charge in [0.2, 0.25) is 5.91 Å². The second-order valence-corrected chi connectivity index (χ2v) is 6.11. The predicted molar refractivity (Wildman–Crippen MR) is 99.6 cm³/mol. The third-order valence-electron chi connectivity index (χ3n) is 4.14. The zero-order valence-corrected chi connectivity index (χ0v) is 14.2. The number of nitrogens with one attached hydrogen (secondary N) is 2. The van der Waals surface area contributed by atoms with Crippen LogP contribution >= 0.6 is 0 Å². The fraction of sp³-hybridized carbons (Fsp3) is 0.0476. The van der Waals surface area contributed by atoms with E-state index in [0.717, 1.165) is 0 Å². The molecule has 2 N–H and O–H groups in total. The molecule has 1 heterocycles. The van der Waals surface area contributed by atoms with Crippen molar-refractivity contribution < 1.29 is 18.7 Å². The van der Waals surface area contributed by atoms with Gasteiger partial charge in [-0.1, -0.05) is 24.3 Å². The Hall–Kier alpha value is -3.67. The molecule has 5 nitrogen and oxygen atoms in total. The topological polar surface area (TPSA) is 67.4 Å². The summed E-state index contributed by atoms with van der Waals surface area (Å²) < 4.78 is 18.8. The number of rotatable bonds is 3. The van der Waals surface area contributed by atoms with Crippen LogP contribution in [0.3, 0.4) is 0 Å². The summed E-state index contributed by atoms with van der Waals surface area (Å²) in [7, 11) is 0. The van der Waals surface area contributed by atoms with Crippen molar-refractivity contribution >= 4 is 23.2 Å². The molecule has 0 unspecified atom stereocenters. The average Bonchev–Trinajstić information content (AvgIpc) is 2.79. The molecular formula is C21H15FN2O3. The van der Waals surface area contributed by atoms with Gasteiger partial charge in [-0.3, -0.25) is 9.59 Å². The second kappa shape index (κ2) is 6.92. The molecule has 1 aliphatic heterocycles. The number of ether oxygens (including phenoxy) is 1. The van der Waals surface area contributed by atoms with Crippen molar-refractivity contribution in [2.24, 2.45) is 0 Å². The summed E-state index contributed by atoms with van der Waals surface area (Å²) in [6.07, 6.45) is 0.123. The molecule has 134 valence electrons. The second-order valence-electron chi connectivity index (χ2n) is 6.11. The monoisotopic (exact) mass is 362 g/mol. The smallest absolute Gasteiger partial charge is 0.259 e. The van der Waals surface area contributed by atoms with Crippen molar-refractivity contribution in [3.63, 3.8) is 0 Å². The van der Waals surface area contributed by atoms with Crippen LogP contribution in [0, 0.1) is 5.82 Å². The van der Waals surface area contributed by atoms with E-state index in [2.05, 4.69) is 10.6 Å². The predicted octanol–water partition coefficient (Wildman–Crippen LogP) is 4.36. The lowest BCUT2D eigenvalue weighted by Crippen LogP contribution is -2.14. The van der Waals surface area contributed by atoms with Gasteiger partial charge in [0, 0.05) is 11.8 Å². The highest BCUT2D eigenvalue weighted by Crippen LogP contribution is 2.37. The number of carbonyl (C=O) groups is 2. The van der Waals surface area contributed by atoms with Crippen LogP contribution in [0.2, 0.25) is 0 Å². The van der Waals surface area contributed by atoms with Crippen LogP contribution in [0.15, 0.2) is 66.7 Å². The minimum absolute atomic E-state index is 0.123. The van der Waals surface area contributed by atoms with Crippen molar-refractivity contribution in [3.05, 3.63) is 83.7 Å². The van der Waals surface area contributed by atoms with Crippen LogP contribution in [-0.2, 0) is 11.2 Å². The number of hydrogen-bond acceptors (Lipinski definition) is 3. The fourth-order valence-corrected chi connectivity index (χ4v) is 2.83. The molecule has 3 aromatic carbocycles. The lowest BCUT2D eigenvalue weighted by Gasteiger charge is -2.11. The maximum atomic E-state index is 13.0. The minimum Gasteiger partial charge on any atom is -0.454 e. The Kier molecular flexibility index (Phi) is 4.30. The highest BCUT2D eigenvalue weighted by molar-refractivity contribution is 6.08. The Bertz CT molecular complexity index is 1030. The number of halogens is 1. The summed E-state index contributed by atoms with van der Waals surface area (Å²) >= 11 is 0. The Morgan fingerprint density at radius 1 is 1.00 bits per heavy atom. The molecule has 0 aliphatic carbocycles. The van der Waals surface area contributed by atoms with Gasteiger partial charge in [-0.15, -0.1) is 0 Å². The first-order valence-corrected chi connectivity index (χ1v) is 8.35. The molecule has 27 heavy (non-hydrogen) atoms. The number of benzene rings is 3. The number of carbonyl (C=O) groups excluding carboxylic acids is 2. The Labute approximate surface area is 154 Å². The number of anilines is 2. The molecule has 0 radical (unpaired) electrons. The van der Waals surface area contributed by atoms with Gasteiger partial charge in [-0.05, 0) is 42.0 Å².